The monoisotopic (exact) mass is 209 g/mol. The van der Waals surface area contributed by atoms with Crippen molar-refractivity contribution >= 4 is 0 Å². The number of hydrogen-bond donors (Lipinski definition) is 1. The highest BCUT2D eigenvalue weighted by Crippen LogP contribution is 2.39. The third-order valence-electron chi connectivity index (χ3n) is 4.37. The van der Waals surface area contributed by atoms with Gasteiger partial charge < -0.3 is 10.1 Å². The summed E-state index contributed by atoms with van der Waals surface area (Å²) in [6.45, 7) is 3.37. The molecule has 3 rings (SSSR count). The standard InChI is InChI=1S/C13H23NO/c1-9-2-5-11(8-9)14-12-6-7-15-13(12)10-3-4-10/h9-14H,2-8H2,1H3. The maximum atomic E-state index is 5.86. The van der Waals surface area contributed by atoms with Gasteiger partial charge in [-0.25, -0.2) is 0 Å². The molecule has 1 heterocycles. The van der Waals surface area contributed by atoms with Gasteiger partial charge in [-0.1, -0.05) is 6.92 Å². The summed E-state index contributed by atoms with van der Waals surface area (Å²) in [6.07, 6.45) is 8.79. The Morgan fingerprint density at radius 1 is 1.07 bits per heavy atom. The minimum absolute atomic E-state index is 0.556. The number of rotatable bonds is 3. The van der Waals surface area contributed by atoms with Crippen molar-refractivity contribution in [2.75, 3.05) is 6.61 Å². The van der Waals surface area contributed by atoms with Crippen LogP contribution in [0.1, 0.15) is 45.4 Å². The molecule has 0 aromatic carbocycles. The average molecular weight is 209 g/mol. The van der Waals surface area contributed by atoms with E-state index in [4.69, 9.17) is 4.74 Å². The molecule has 2 saturated carbocycles. The number of ether oxygens (including phenoxy) is 1. The number of hydrogen-bond acceptors (Lipinski definition) is 2. The fraction of sp³-hybridized carbons (Fsp3) is 1.00. The lowest BCUT2D eigenvalue weighted by atomic mass is 10.0. The zero-order chi connectivity index (χ0) is 10.3. The Bertz CT molecular complexity index is 227. The minimum atomic E-state index is 0.556. The van der Waals surface area contributed by atoms with Gasteiger partial charge in [0.15, 0.2) is 0 Å². The summed E-state index contributed by atoms with van der Waals surface area (Å²) in [7, 11) is 0. The van der Waals surface area contributed by atoms with E-state index in [1.54, 1.807) is 0 Å². The molecule has 15 heavy (non-hydrogen) atoms. The molecule has 1 N–H and O–H groups in total. The van der Waals surface area contributed by atoms with Gasteiger partial charge in [0.25, 0.3) is 0 Å². The molecule has 1 aliphatic heterocycles. The van der Waals surface area contributed by atoms with Crippen molar-refractivity contribution < 1.29 is 4.74 Å². The molecule has 4 atom stereocenters. The molecule has 86 valence electrons. The van der Waals surface area contributed by atoms with Crippen LogP contribution in [0.3, 0.4) is 0 Å². The molecular weight excluding hydrogens is 186 g/mol. The molecule has 2 heteroatoms. The van der Waals surface area contributed by atoms with Gasteiger partial charge in [-0.05, 0) is 50.4 Å². The minimum Gasteiger partial charge on any atom is -0.376 e. The Hall–Kier alpha value is -0.0800. The molecule has 3 aliphatic rings. The van der Waals surface area contributed by atoms with Crippen molar-refractivity contribution in [3.63, 3.8) is 0 Å². The van der Waals surface area contributed by atoms with Crippen LogP contribution in [-0.2, 0) is 4.74 Å². The van der Waals surface area contributed by atoms with E-state index in [-0.39, 0.29) is 0 Å². The van der Waals surface area contributed by atoms with Gasteiger partial charge in [0.2, 0.25) is 0 Å². The molecule has 2 nitrogen and oxygen atoms in total. The van der Waals surface area contributed by atoms with E-state index in [2.05, 4.69) is 12.2 Å². The van der Waals surface area contributed by atoms with Crippen molar-refractivity contribution in [3.05, 3.63) is 0 Å². The Kier molecular flexibility index (Phi) is 2.73. The maximum absolute atomic E-state index is 5.86. The van der Waals surface area contributed by atoms with Gasteiger partial charge in [-0.2, -0.15) is 0 Å². The quantitative estimate of drug-likeness (QED) is 0.770. The highest BCUT2D eigenvalue weighted by Gasteiger charge is 2.41. The SMILES string of the molecule is CC1CCC(NC2CCOC2C2CC2)C1. The van der Waals surface area contributed by atoms with Crippen LogP contribution in [0.15, 0.2) is 0 Å². The van der Waals surface area contributed by atoms with E-state index < -0.39 is 0 Å². The Labute approximate surface area is 92.8 Å². The first-order chi connectivity index (χ1) is 7.33. The first-order valence-electron chi connectivity index (χ1n) is 6.70. The van der Waals surface area contributed by atoms with Crippen LogP contribution >= 0.6 is 0 Å². The Morgan fingerprint density at radius 3 is 2.60 bits per heavy atom. The molecule has 0 spiro atoms. The summed E-state index contributed by atoms with van der Waals surface area (Å²) in [5, 5.41) is 3.85. The zero-order valence-corrected chi connectivity index (χ0v) is 9.74. The smallest absolute Gasteiger partial charge is 0.0757 e. The maximum Gasteiger partial charge on any atom is 0.0757 e. The Morgan fingerprint density at radius 2 is 1.93 bits per heavy atom. The average Bonchev–Trinajstić information content (AvgIpc) is 2.83. The first kappa shape index (κ1) is 10.1. The van der Waals surface area contributed by atoms with Gasteiger partial charge in [-0.15, -0.1) is 0 Å². The first-order valence-corrected chi connectivity index (χ1v) is 6.70. The summed E-state index contributed by atoms with van der Waals surface area (Å²) < 4.78 is 5.86. The summed E-state index contributed by atoms with van der Waals surface area (Å²) in [6, 6.07) is 1.46. The second-order valence-electron chi connectivity index (χ2n) is 5.85. The van der Waals surface area contributed by atoms with Gasteiger partial charge in [0.05, 0.1) is 6.10 Å². The molecule has 0 aromatic rings. The lowest BCUT2D eigenvalue weighted by Crippen LogP contribution is -2.42. The largest absolute Gasteiger partial charge is 0.376 e. The van der Waals surface area contributed by atoms with Gasteiger partial charge in [-0.3, -0.25) is 0 Å². The van der Waals surface area contributed by atoms with Crippen LogP contribution < -0.4 is 5.32 Å². The highest BCUT2D eigenvalue weighted by molar-refractivity contribution is 4.95. The summed E-state index contributed by atoms with van der Waals surface area (Å²) >= 11 is 0. The molecule has 3 fully saturated rings. The second kappa shape index (κ2) is 4.06. The van der Waals surface area contributed by atoms with Crippen molar-refractivity contribution in [1.29, 1.82) is 0 Å². The topological polar surface area (TPSA) is 21.3 Å². The van der Waals surface area contributed by atoms with E-state index in [9.17, 15) is 0 Å². The normalized spacial score (nSPS) is 46.2. The lowest BCUT2D eigenvalue weighted by molar-refractivity contribution is 0.0789. The molecule has 2 aliphatic carbocycles. The fourth-order valence-corrected chi connectivity index (χ4v) is 3.34. The number of nitrogens with one attached hydrogen (secondary N) is 1. The second-order valence-corrected chi connectivity index (χ2v) is 5.85. The van der Waals surface area contributed by atoms with Crippen LogP contribution in [0.4, 0.5) is 0 Å². The van der Waals surface area contributed by atoms with Crippen LogP contribution in [0, 0.1) is 11.8 Å². The van der Waals surface area contributed by atoms with Crippen molar-refractivity contribution in [2.45, 2.75) is 63.6 Å². The lowest BCUT2D eigenvalue weighted by Gasteiger charge is -2.23. The van der Waals surface area contributed by atoms with Crippen molar-refractivity contribution in [3.8, 4) is 0 Å². The zero-order valence-electron chi connectivity index (χ0n) is 9.74. The molecular formula is C13H23NO. The molecule has 1 saturated heterocycles. The summed E-state index contributed by atoms with van der Waals surface area (Å²) in [5.74, 6) is 1.83. The molecule has 0 aromatic heterocycles. The Balaban J connectivity index is 1.53. The van der Waals surface area contributed by atoms with Crippen molar-refractivity contribution in [2.24, 2.45) is 11.8 Å². The molecule has 0 radical (unpaired) electrons. The molecule has 4 unspecified atom stereocenters. The van der Waals surface area contributed by atoms with Gasteiger partial charge in [0, 0.05) is 18.7 Å². The van der Waals surface area contributed by atoms with E-state index in [0.29, 0.717) is 12.1 Å². The van der Waals surface area contributed by atoms with Crippen LogP contribution in [0.2, 0.25) is 0 Å². The summed E-state index contributed by atoms with van der Waals surface area (Å²) in [4.78, 5) is 0. The van der Waals surface area contributed by atoms with Crippen LogP contribution in [-0.4, -0.2) is 24.8 Å². The molecule has 0 amide bonds. The third kappa shape index (κ3) is 2.21. The van der Waals surface area contributed by atoms with Crippen LogP contribution in [0.25, 0.3) is 0 Å². The predicted octanol–water partition coefficient (Wildman–Crippen LogP) is 2.33. The van der Waals surface area contributed by atoms with E-state index in [1.165, 1.54) is 38.5 Å². The van der Waals surface area contributed by atoms with Crippen LogP contribution in [0.5, 0.6) is 0 Å². The van der Waals surface area contributed by atoms with Crippen molar-refractivity contribution in [1.82, 2.24) is 5.32 Å². The third-order valence-corrected chi connectivity index (χ3v) is 4.37. The van der Waals surface area contributed by atoms with E-state index in [0.717, 1.165) is 24.5 Å². The van der Waals surface area contributed by atoms with E-state index in [1.807, 2.05) is 0 Å². The van der Waals surface area contributed by atoms with E-state index >= 15 is 0 Å². The molecule has 0 bridgehead atoms. The summed E-state index contributed by atoms with van der Waals surface area (Å²) in [5.41, 5.74) is 0. The van der Waals surface area contributed by atoms with Gasteiger partial charge >= 0.3 is 0 Å². The fourth-order valence-electron chi connectivity index (χ4n) is 3.34. The van der Waals surface area contributed by atoms with Gasteiger partial charge in [0.1, 0.15) is 0 Å². The highest BCUT2D eigenvalue weighted by atomic mass is 16.5. The predicted molar refractivity (Wildman–Crippen MR) is 60.8 cm³/mol.